The van der Waals surface area contributed by atoms with Crippen LogP contribution in [0.25, 0.3) is 11.3 Å². The molecule has 0 radical (unpaired) electrons. The molecule has 1 aromatic heterocycles. The summed E-state index contributed by atoms with van der Waals surface area (Å²) >= 11 is 6.14. The van der Waals surface area contributed by atoms with Gasteiger partial charge < -0.3 is 5.32 Å². The van der Waals surface area contributed by atoms with Crippen LogP contribution in [0.2, 0.25) is 5.02 Å². The minimum atomic E-state index is 0.424. The van der Waals surface area contributed by atoms with Gasteiger partial charge in [-0.3, -0.25) is 4.98 Å². The van der Waals surface area contributed by atoms with Gasteiger partial charge in [-0.25, -0.2) is 0 Å². The number of hydrogen-bond acceptors (Lipinski definition) is 3. The first kappa shape index (κ1) is 18.0. The third-order valence-corrected chi connectivity index (χ3v) is 4.56. The number of hydrogen-bond donors (Lipinski definition) is 1. The van der Waals surface area contributed by atoms with Gasteiger partial charge in [0.1, 0.15) is 0 Å². The van der Waals surface area contributed by atoms with Crippen LogP contribution in [0.4, 0.5) is 11.4 Å². The van der Waals surface area contributed by atoms with Crippen molar-refractivity contribution in [1.29, 1.82) is 5.26 Å². The number of pyridine rings is 1. The zero-order valence-electron chi connectivity index (χ0n) is 14.9. The van der Waals surface area contributed by atoms with E-state index in [4.69, 9.17) is 21.8 Å². The van der Waals surface area contributed by atoms with Gasteiger partial charge in [-0.15, -0.1) is 0 Å². The minimum absolute atomic E-state index is 0.424. The van der Waals surface area contributed by atoms with Crippen molar-refractivity contribution in [3.63, 3.8) is 0 Å². The van der Waals surface area contributed by atoms with E-state index in [1.165, 1.54) is 5.56 Å². The molecule has 0 saturated heterocycles. The molecule has 0 bridgehead atoms. The van der Waals surface area contributed by atoms with Gasteiger partial charge >= 0.3 is 0 Å². The quantitative estimate of drug-likeness (QED) is 0.598. The molecule has 0 aliphatic heterocycles. The molecule has 0 aliphatic carbocycles. The normalized spacial score (nSPS) is 10.4. The van der Waals surface area contributed by atoms with E-state index in [1.807, 2.05) is 55.5 Å². The summed E-state index contributed by atoms with van der Waals surface area (Å²) in [6, 6.07) is 19.9. The summed E-state index contributed by atoms with van der Waals surface area (Å²) in [7, 11) is 0. The van der Waals surface area contributed by atoms with Gasteiger partial charge in [0.25, 0.3) is 0 Å². The van der Waals surface area contributed by atoms with Crippen molar-refractivity contribution in [3.05, 3.63) is 76.4 Å². The van der Waals surface area contributed by atoms with E-state index in [1.54, 1.807) is 0 Å². The van der Waals surface area contributed by atoms with Gasteiger partial charge in [-0.1, -0.05) is 42.8 Å². The van der Waals surface area contributed by atoms with E-state index in [-0.39, 0.29) is 0 Å². The fourth-order valence-electron chi connectivity index (χ4n) is 3.01. The maximum atomic E-state index is 8.80. The fraction of sp³-hybridized carbons (Fsp3) is 0.182. The molecule has 4 heteroatoms. The molecule has 130 valence electrons. The Morgan fingerprint density at radius 2 is 1.88 bits per heavy atom. The Balaban J connectivity index is 1.98. The molecule has 0 aliphatic rings. The van der Waals surface area contributed by atoms with Gasteiger partial charge in [0.05, 0.1) is 18.2 Å². The van der Waals surface area contributed by atoms with Crippen LogP contribution in [0.3, 0.4) is 0 Å². The largest absolute Gasteiger partial charge is 0.355 e. The van der Waals surface area contributed by atoms with Crippen molar-refractivity contribution in [1.82, 2.24) is 4.98 Å². The van der Waals surface area contributed by atoms with Gasteiger partial charge in [0.15, 0.2) is 0 Å². The van der Waals surface area contributed by atoms with Crippen LogP contribution in [-0.2, 0) is 12.8 Å². The molecule has 0 unspecified atom stereocenters. The Hall–Kier alpha value is -2.83. The second kappa shape index (κ2) is 8.03. The van der Waals surface area contributed by atoms with Gasteiger partial charge in [-0.2, -0.15) is 5.26 Å². The summed E-state index contributed by atoms with van der Waals surface area (Å²) < 4.78 is 0. The van der Waals surface area contributed by atoms with Crippen molar-refractivity contribution in [3.8, 4) is 17.3 Å². The molecule has 0 saturated carbocycles. The third-order valence-electron chi connectivity index (χ3n) is 4.32. The molecule has 3 nitrogen and oxygen atoms in total. The molecule has 0 fully saturated rings. The lowest BCUT2D eigenvalue weighted by Crippen LogP contribution is -2.01. The molecule has 1 heterocycles. The van der Waals surface area contributed by atoms with Crippen LogP contribution in [0, 0.1) is 18.3 Å². The summed E-state index contributed by atoms with van der Waals surface area (Å²) in [5.74, 6) is 0. The SMILES string of the molecule is CCc1c(Nc2ccc(CC#N)cc2)cc(-c2cccc(Cl)c2)nc1C. The highest BCUT2D eigenvalue weighted by molar-refractivity contribution is 6.30. The number of nitrogens with one attached hydrogen (secondary N) is 1. The highest BCUT2D eigenvalue weighted by Crippen LogP contribution is 2.30. The van der Waals surface area contributed by atoms with Gasteiger partial charge in [0.2, 0.25) is 0 Å². The monoisotopic (exact) mass is 361 g/mol. The second-order valence-corrected chi connectivity index (χ2v) is 6.58. The van der Waals surface area contributed by atoms with Gasteiger partial charge in [-0.05, 0) is 54.8 Å². The molecule has 1 N–H and O–H groups in total. The van der Waals surface area contributed by atoms with Crippen molar-refractivity contribution in [2.24, 2.45) is 0 Å². The van der Waals surface area contributed by atoms with Crippen LogP contribution in [0.1, 0.15) is 23.7 Å². The maximum Gasteiger partial charge on any atom is 0.0726 e. The predicted molar refractivity (Wildman–Crippen MR) is 108 cm³/mol. The molecule has 3 rings (SSSR count). The summed E-state index contributed by atoms with van der Waals surface area (Å²) in [6.07, 6.45) is 1.32. The van der Waals surface area contributed by atoms with E-state index in [2.05, 4.69) is 24.4 Å². The van der Waals surface area contributed by atoms with E-state index in [0.717, 1.165) is 40.3 Å². The van der Waals surface area contributed by atoms with Crippen LogP contribution >= 0.6 is 11.6 Å². The first-order chi connectivity index (χ1) is 12.6. The molecular weight excluding hydrogens is 342 g/mol. The second-order valence-electron chi connectivity index (χ2n) is 6.14. The minimum Gasteiger partial charge on any atom is -0.355 e. The fourth-order valence-corrected chi connectivity index (χ4v) is 3.20. The lowest BCUT2D eigenvalue weighted by molar-refractivity contribution is 1.05. The van der Waals surface area contributed by atoms with Crippen LogP contribution in [-0.4, -0.2) is 4.98 Å². The number of anilines is 2. The average Bonchev–Trinajstić information content (AvgIpc) is 2.63. The molecule has 0 amide bonds. The van der Waals surface area contributed by atoms with E-state index in [0.29, 0.717) is 11.4 Å². The Kier molecular flexibility index (Phi) is 5.55. The summed E-state index contributed by atoms with van der Waals surface area (Å²) in [4.78, 5) is 4.76. The molecule has 2 aromatic carbocycles. The zero-order valence-corrected chi connectivity index (χ0v) is 15.6. The topological polar surface area (TPSA) is 48.7 Å². The smallest absolute Gasteiger partial charge is 0.0726 e. The number of nitrogens with zero attached hydrogens (tertiary/aromatic N) is 2. The zero-order chi connectivity index (χ0) is 18.5. The standard InChI is InChI=1S/C22H20ClN3/c1-3-20-15(2)25-21(17-5-4-6-18(23)13-17)14-22(20)26-19-9-7-16(8-10-19)11-12-24/h4-10,13-14H,3,11H2,1-2H3,(H,25,26). The van der Waals surface area contributed by atoms with Gasteiger partial charge in [0, 0.05) is 27.7 Å². The van der Waals surface area contributed by atoms with Crippen LogP contribution in [0.15, 0.2) is 54.6 Å². The highest BCUT2D eigenvalue weighted by Gasteiger charge is 2.11. The number of benzene rings is 2. The molecule has 0 atom stereocenters. The molecule has 26 heavy (non-hydrogen) atoms. The number of aromatic nitrogens is 1. The number of halogens is 1. The predicted octanol–water partition coefficient (Wildman–Crippen LogP) is 6.08. The summed E-state index contributed by atoms with van der Waals surface area (Å²) in [5.41, 5.74) is 7.14. The summed E-state index contributed by atoms with van der Waals surface area (Å²) in [6.45, 7) is 4.17. The highest BCUT2D eigenvalue weighted by atomic mass is 35.5. The van der Waals surface area contributed by atoms with Crippen molar-refractivity contribution >= 4 is 23.0 Å². The maximum absolute atomic E-state index is 8.80. The van der Waals surface area contributed by atoms with E-state index >= 15 is 0 Å². The van der Waals surface area contributed by atoms with Crippen LogP contribution < -0.4 is 5.32 Å². The molecule has 3 aromatic rings. The number of rotatable bonds is 5. The van der Waals surface area contributed by atoms with Crippen molar-refractivity contribution in [2.45, 2.75) is 26.7 Å². The van der Waals surface area contributed by atoms with E-state index in [9.17, 15) is 0 Å². The summed E-state index contributed by atoms with van der Waals surface area (Å²) in [5, 5.41) is 13.0. The first-order valence-electron chi connectivity index (χ1n) is 8.60. The number of aryl methyl sites for hydroxylation is 1. The Morgan fingerprint density at radius 1 is 1.12 bits per heavy atom. The third kappa shape index (κ3) is 4.04. The lowest BCUT2D eigenvalue weighted by Gasteiger charge is -2.16. The van der Waals surface area contributed by atoms with Crippen molar-refractivity contribution in [2.75, 3.05) is 5.32 Å². The Morgan fingerprint density at radius 3 is 2.54 bits per heavy atom. The molecule has 0 spiro atoms. The van der Waals surface area contributed by atoms with E-state index < -0.39 is 0 Å². The number of nitriles is 1. The van der Waals surface area contributed by atoms with Crippen molar-refractivity contribution < 1.29 is 0 Å². The average molecular weight is 362 g/mol. The lowest BCUT2D eigenvalue weighted by atomic mass is 10.0. The first-order valence-corrected chi connectivity index (χ1v) is 8.98. The Bertz CT molecular complexity index is 956. The Labute approximate surface area is 159 Å². The van der Waals surface area contributed by atoms with Crippen LogP contribution in [0.5, 0.6) is 0 Å². The molecular formula is C22H20ClN3.